The molecule has 0 amide bonds. The fourth-order valence-electron chi connectivity index (χ4n) is 3.09. The third kappa shape index (κ3) is 2.93. The van der Waals surface area contributed by atoms with Crippen LogP contribution in [0.2, 0.25) is 0 Å². The molecule has 1 aliphatic heterocycles. The van der Waals surface area contributed by atoms with Gasteiger partial charge in [-0.1, -0.05) is 18.2 Å². The number of ether oxygens (including phenoxy) is 1. The summed E-state index contributed by atoms with van der Waals surface area (Å²) in [6, 6.07) is 7.68. The van der Waals surface area contributed by atoms with Crippen molar-refractivity contribution in [1.29, 1.82) is 0 Å². The lowest BCUT2D eigenvalue weighted by Crippen LogP contribution is -2.41. The summed E-state index contributed by atoms with van der Waals surface area (Å²) in [5.41, 5.74) is 4.69. The van der Waals surface area contributed by atoms with Crippen LogP contribution < -0.4 is 5.32 Å². The van der Waals surface area contributed by atoms with Crippen LogP contribution in [0.3, 0.4) is 0 Å². The van der Waals surface area contributed by atoms with Crippen LogP contribution >= 0.6 is 0 Å². The number of morpholine rings is 1. The van der Waals surface area contributed by atoms with E-state index in [1.807, 2.05) is 0 Å². The highest BCUT2D eigenvalue weighted by Gasteiger charge is 2.14. The molecular weight excluding hydrogens is 222 g/mol. The number of hydrogen-bond donors (Lipinski definition) is 1. The minimum atomic E-state index is 0.551. The van der Waals surface area contributed by atoms with E-state index in [-0.39, 0.29) is 0 Å². The molecule has 1 unspecified atom stereocenters. The Balaban J connectivity index is 1.58. The molecule has 0 spiro atoms. The SMILES string of the molecule is c1cc2c(cc1CCC1COCCN1)CCCC2. The number of rotatable bonds is 3. The number of nitrogens with one attached hydrogen (secondary N) is 1. The van der Waals surface area contributed by atoms with E-state index in [2.05, 4.69) is 23.5 Å². The standard InChI is InChI=1S/C16H23NO/c1-2-4-15-11-13(5-7-14(15)3-1)6-8-16-12-18-10-9-17-16/h5,7,11,16-17H,1-4,6,8-10,12H2. The van der Waals surface area contributed by atoms with Crippen LogP contribution in [-0.2, 0) is 24.0 Å². The summed E-state index contributed by atoms with van der Waals surface area (Å²) in [6.07, 6.45) is 7.68. The summed E-state index contributed by atoms with van der Waals surface area (Å²) < 4.78 is 5.50. The highest BCUT2D eigenvalue weighted by atomic mass is 16.5. The van der Waals surface area contributed by atoms with E-state index in [0.29, 0.717) is 6.04 Å². The fraction of sp³-hybridized carbons (Fsp3) is 0.625. The fourth-order valence-corrected chi connectivity index (χ4v) is 3.09. The first-order chi connectivity index (χ1) is 8.92. The maximum Gasteiger partial charge on any atom is 0.0620 e. The molecule has 0 saturated carbocycles. The molecule has 0 aromatic heterocycles. The zero-order chi connectivity index (χ0) is 12.2. The minimum Gasteiger partial charge on any atom is -0.379 e. The molecule has 1 fully saturated rings. The highest BCUT2D eigenvalue weighted by Crippen LogP contribution is 2.23. The molecule has 2 aliphatic rings. The second-order valence-corrected chi connectivity index (χ2v) is 5.57. The molecule has 2 nitrogen and oxygen atoms in total. The van der Waals surface area contributed by atoms with Crippen LogP contribution in [0.25, 0.3) is 0 Å². The van der Waals surface area contributed by atoms with Crippen molar-refractivity contribution in [2.45, 2.75) is 44.6 Å². The molecule has 1 atom stereocenters. The Bertz CT molecular complexity index is 396. The van der Waals surface area contributed by atoms with E-state index in [1.165, 1.54) is 44.1 Å². The zero-order valence-corrected chi connectivity index (χ0v) is 11.1. The zero-order valence-electron chi connectivity index (χ0n) is 11.1. The predicted molar refractivity (Wildman–Crippen MR) is 74.0 cm³/mol. The molecule has 98 valence electrons. The van der Waals surface area contributed by atoms with E-state index >= 15 is 0 Å². The van der Waals surface area contributed by atoms with Crippen LogP contribution in [0, 0.1) is 0 Å². The maximum atomic E-state index is 5.50. The summed E-state index contributed by atoms with van der Waals surface area (Å²) in [4.78, 5) is 0. The van der Waals surface area contributed by atoms with Gasteiger partial charge < -0.3 is 10.1 Å². The molecule has 0 radical (unpaired) electrons. The van der Waals surface area contributed by atoms with E-state index in [1.54, 1.807) is 11.1 Å². The average Bonchev–Trinajstić information content (AvgIpc) is 2.46. The Morgan fingerprint density at radius 2 is 2.06 bits per heavy atom. The van der Waals surface area contributed by atoms with Gasteiger partial charge in [-0.15, -0.1) is 0 Å². The van der Waals surface area contributed by atoms with Crippen molar-refractivity contribution < 1.29 is 4.74 Å². The largest absolute Gasteiger partial charge is 0.379 e. The van der Waals surface area contributed by atoms with Gasteiger partial charge in [-0.2, -0.15) is 0 Å². The Morgan fingerprint density at radius 3 is 2.89 bits per heavy atom. The van der Waals surface area contributed by atoms with Crippen molar-refractivity contribution in [1.82, 2.24) is 5.32 Å². The van der Waals surface area contributed by atoms with Crippen LogP contribution in [0.1, 0.15) is 36.0 Å². The van der Waals surface area contributed by atoms with Crippen molar-refractivity contribution in [3.63, 3.8) is 0 Å². The molecule has 2 heteroatoms. The van der Waals surface area contributed by atoms with Crippen LogP contribution in [0.5, 0.6) is 0 Å². The summed E-state index contributed by atoms with van der Waals surface area (Å²) in [7, 11) is 0. The van der Waals surface area contributed by atoms with Crippen LogP contribution in [0.15, 0.2) is 18.2 Å². The number of hydrogen-bond acceptors (Lipinski definition) is 2. The second-order valence-electron chi connectivity index (χ2n) is 5.57. The van der Waals surface area contributed by atoms with Gasteiger partial charge in [-0.3, -0.25) is 0 Å². The second kappa shape index (κ2) is 5.85. The minimum absolute atomic E-state index is 0.551. The Morgan fingerprint density at radius 1 is 1.17 bits per heavy atom. The van der Waals surface area contributed by atoms with E-state index in [4.69, 9.17) is 4.74 Å². The molecule has 1 aromatic carbocycles. The summed E-state index contributed by atoms with van der Waals surface area (Å²) in [5.74, 6) is 0. The maximum absolute atomic E-state index is 5.50. The van der Waals surface area contributed by atoms with Crippen LogP contribution in [0.4, 0.5) is 0 Å². The number of fused-ring (bicyclic) bond motifs is 1. The first-order valence-electron chi connectivity index (χ1n) is 7.33. The third-order valence-electron chi connectivity index (χ3n) is 4.19. The normalized spacial score (nSPS) is 23.7. The first-order valence-corrected chi connectivity index (χ1v) is 7.33. The Hall–Kier alpha value is -0.860. The molecule has 1 aliphatic carbocycles. The summed E-state index contributed by atoms with van der Waals surface area (Å²) in [5, 5.41) is 3.53. The lowest BCUT2D eigenvalue weighted by molar-refractivity contribution is 0.0743. The molecule has 3 rings (SSSR count). The third-order valence-corrected chi connectivity index (χ3v) is 4.19. The van der Waals surface area contributed by atoms with Crippen molar-refractivity contribution in [2.75, 3.05) is 19.8 Å². The predicted octanol–water partition coefficient (Wildman–Crippen LogP) is 2.49. The summed E-state index contributed by atoms with van der Waals surface area (Å²) in [6.45, 7) is 2.76. The molecule has 18 heavy (non-hydrogen) atoms. The van der Waals surface area contributed by atoms with Gasteiger partial charge in [0, 0.05) is 12.6 Å². The topological polar surface area (TPSA) is 21.3 Å². The van der Waals surface area contributed by atoms with E-state index < -0.39 is 0 Å². The number of aryl methyl sites for hydroxylation is 3. The van der Waals surface area contributed by atoms with E-state index in [0.717, 1.165) is 19.8 Å². The van der Waals surface area contributed by atoms with Crippen molar-refractivity contribution >= 4 is 0 Å². The van der Waals surface area contributed by atoms with Crippen molar-refractivity contribution in [3.8, 4) is 0 Å². The lowest BCUT2D eigenvalue weighted by atomic mass is 9.89. The van der Waals surface area contributed by atoms with Crippen LogP contribution in [-0.4, -0.2) is 25.8 Å². The highest BCUT2D eigenvalue weighted by molar-refractivity contribution is 5.33. The van der Waals surface area contributed by atoms with Gasteiger partial charge in [0.15, 0.2) is 0 Å². The molecule has 1 saturated heterocycles. The monoisotopic (exact) mass is 245 g/mol. The van der Waals surface area contributed by atoms with Crippen molar-refractivity contribution in [2.24, 2.45) is 0 Å². The Kier molecular flexibility index (Phi) is 3.96. The number of benzene rings is 1. The van der Waals surface area contributed by atoms with Gasteiger partial charge in [0.1, 0.15) is 0 Å². The molecule has 1 N–H and O–H groups in total. The molecular formula is C16H23NO. The molecule has 1 heterocycles. The van der Waals surface area contributed by atoms with Gasteiger partial charge in [-0.05, 0) is 55.2 Å². The summed E-state index contributed by atoms with van der Waals surface area (Å²) >= 11 is 0. The molecule has 1 aromatic rings. The smallest absolute Gasteiger partial charge is 0.0620 e. The lowest BCUT2D eigenvalue weighted by Gasteiger charge is -2.24. The van der Waals surface area contributed by atoms with Gasteiger partial charge in [0.25, 0.3) is 0 Å². The van der Waals surface area contributed by atoms with Gasteiger partial charge in [0.2, 0.25) is 0 Å². The first kappa shape index (κ1) is 12.2. The molecule has 0 bridgehead atoms. The average molecular weight is 245 g/mol. The van der Waals surface area contributed by atoms with Gasteiger partial charge in [0.05, 0.1) is 13.2 Å². The Labute approximate surface area is 110 Å². The quantitative estimate of drug-likeness (QED) is 0.883. The van der Waals surface area contributed by atoms with Crippen molar-refractivity contribution in [3.05, 3.63) is 34.9 Å². The van der Waals surface area contributed by atoms with Gasteiger partial charge in [-0.25, -0.2) is 0 Å². The van der Waals surface area contributed by atoms with Gasteiger partial charge >= 0.3 is 0 Å². The van der Waals surface area contributed by atoms with E-state index in [9.17, 15) is 0 Å².